The van der Waals surface area contributed by atoms with Crippen molar-refractivity contribution in [3.8, 4) is 10.4 Å². The first kappa shape index (κ1) is 13.3. The summed E-state index contributed by atoms with van der Waals surface area (Å²) in [5.41, 5.74) is 2.74. The lowest BCUT2D eigenvalue weighted by molar-refractivity contribution is 0.0949. The first-order chi connectivity index (χ1) is 9.70. The molecule has 0 bridgehead atoms. The predicted octanol–water partition coefficient (Wildman–Crippen LogP) is 2.37. The van der Waals surface area contributed by atoms with Gasteiger partial charge in [0.05, 0.1) is 11.5 Å². The van der Waals surface area contributed by atoms with Crippen LogP contribution in [-0.4, -0.2) is 24.2 Å². The molecular weight excluding hydrogens is 277 g/mol. The fourth-order valence-electron chi connectivity index (χ4n) is 2.50. The fourth-order valence-corrected chi connectivity index (χ4v) is 3.68. The minimum atomic E-state index is -0.184. The third kappa shape index (κ3) is 2.23. The number of halogens is 1. The highest BCUT2D eigenvalue weighted by Gasteiger charge is 2.23. The SMILES string of the molecule is O=C(NCCO)c1cc2c(s1)-c1cccc(F)c1CC2. The van der Waals surface area contributed by atoms with Gasteiger partial charge in [0, 0.05) is 11.4 Å². The highest BCUT2D eigenvalue weighted by molar-refractivity contribution is 7.17. The van der Waals surface area contributed by atoms with Crippen LogP contribution in [0.3, 0.4) is 0 Å². The zero-order chi connectivity index (χ0) is 14.1. The summed E-state index contributed by atoms with van der Waals surface area (Å²) < 4.78 is 13.8. The third-order valence-corrected chi connectivity index (χ3v) is 4.65. The van der Waals surface area contributed by atoms with E-state index in [1.54, 1.807) is 6.07 Å². The molecule has 2 aromatic rings. The molecule has 0 aliphatic heterocycles. The number of aryl methyl sites for hydroxylation is 1. The molecule has 1 aliphatic carbocycles. The summed E-state index contributed by atoms with van der Waals surface area (Å²) in [6.45, 7) is 0.164. The topological polar surface area (TPSA) is 49.3 Å². The number of nitrogens with one attached hydrogen (secondary N) is 1. The smallest absolute Gasteiger partial charge is 0.261 e. The number of aliphatic hydroxyl groups excluding tert-OH is 1. The Morgan fingerprint density at radius 3 is 3.05 bits per heavy atom. The molecule has 0 spiro atoms. The van der Waals surface area contributed by atoms with Crippen molar-refractivity contribution >= 4 is 17.2 Å². The first-order valence-electron chi connectivity index (χ1n) is 6.50. The first-order valence-corrected chi connectivity index (χ1v) is 7.32. The molecule has 3 rings (SSSR count). The zero-order valence-corrected chi connectivity index (χ0v) is 11.6. The van der Waals surface area contributed by atoms with Crippen LogP contribution in [0.5, 0.6) is 0 Å². The number of hydrogen-bond donors (Lipinski definition) is 2. The Hall–Kier alpha value is -1.72. The van der Waals surface area contributed by atoms with E-state index < -0.39 is 0 Å². The minimum Gasteiger partial charge on any atom is -0.395 e. The van der Waals surface area contributed by atoms with E-state index in [1.807, 2.05) is 12.1 Å². The molecule has 5 heteroatoms. The van der Waals surface area contributed by atoms with Gasteiger partial charge in [0.15, 0.2) is 0 Å². The van der Waals surface area contributed by atoms with Gasteiger partial charge in [-0.2, -0.15) is 0 Å². The number of fused-ring (bicyclic) bond motifs is 3. The molecule has 0 radical (unpaired) electrons. The van der Waals surface area contributed by atoms with E-state index in [9.17, 15) is 9.18 Å². The largest absolute Gasteiger partial charge is 0.395 e. The fraction of sp³-hybridized carbons (Fsp3) is 0.267. The Bertz CT molecular complexity index is 666. The molecule has 1 heterocycles. The molecule has 3 nitrogen and oxygen atoms in total. The van der Waals surface area contributed by atoms with Crippen molar-refractivity contribution in [1.29, 1.82) is 0 Å². The van der Waals surface area contributed by atoms with Crippen molar-refractivity contribution in [2.24, 2.45) is 0 Å². The molecular formula is C15H14FNO2S. The highest BCUT2D eigenvalue weighted by atomic mass is 32.1. The second-order valence-corrected chi connectivity index (χ2v) is 5.76. The van der Waals surface area contributed by atoms with Crippen molar-refractivity contribution in [1.82, 2.24) is 5.32 Å². The monoisotopic (exact) mass is 291 g/mol. The molecule has 0 saturated carbocycles. The molecule has 1 aliphatic rings. The van der Waals surface area contributed by atoms with Gasteiger partial charge in [-0.15, -0.1) is 11.3 Å². The second-order valence-electron chi connectivity index (χ2n) is 4.71. The number of benzene rings is 1. The summed E-state index contributed by atoms with van der Waals surface area (Å²) in [5.74, 6) is -0.357. The molecule has 0 unspecified atom stereocenters. The lowest BCUT2D eigenvalue weighted by atomic mass is 9.91. The maximum absolute atomic E-state index is 13.8. The van der Waals surface area contributed by atoms with E-state index in [-0.39, 0.29) is 24.9 Å². The van der Waals surface area contributed by atoms with Crippen LogP contribution in [0.25, 0.3) is 10.4 Å². The quantitative estimate of drug-likeness (QED) is 0.912. The van der Waals surface area contributed by atoms with E-state index in [4.69, 9.17) is 5.11 Å². The van der Waals surface area contributed by atoms with Crippen LogP contribution in [0.2, 0.25) is 0 Å². The Morgan fingerprint density at radius 2 is 2.25 bits per heavy atom. The van der Waals surface area contributed by atoms with E-state index in [2.05, 4.69) is 5.32 Å². The lowest BCUT2D eigenvalue weighted by Gasteiger charge is -2.16. The normalized spacial score (nSPS) is 12.7. The van der Waals surface area contributed by atoms with Gasteiger partial charge in [-0.25, -0.2) is 4.39 Å². The highest BCUT2D eigenvalue weighted by Crippen LogP contribution is 2.40. The molecule has 1 amide bonds. The van der Waals surface area contributed by atoms with Crippen LogP contribution in [0.4, 0.5) is 4.39 Å². The van der Waals surface area contributed by atoms with Gasteiger partial charge in [-0.3, -0.25) is 4.79 Å². The summed E-state index contributed by atoms with van der Waals surface area (Å²) in [6, 6.07) is 6.96. The van der Waals surface area contributed by atoms with Crippen molar-refractivity contribution in [2.75, 3.05) is 13.2 Å². The Balaban J connectivity index is 1.98. The van der Waals surface area contributed by atoms with Gasteiger partial charge in [0.25, 0.3) is 5.91 Å². The number of carbonyl (C=O) groups is 1. The average molecular weight is 291 g/mol. The molecule has 104 valence electrons. The van der Waals surface area contributed by atoms with Gasteiger partial charge in [-0.05, 0) is 41.7 Å². The number of aliphatic hydroxyl groups is 1. The second kappa shape index (κ2) is 5.34. The van der Waals surface area contributed by atoms with Crippen molar-refractivity contribution in [3.63, 3.8) is 0 Å². The van der Waals surface area contributed by atoms with Crippen molar-refractivity contribution < 1.29 is 14.3 Å². The maximum atomic E-state index is 13.8. The molecule has 2 N–H and O–H groups in total. The van der Waals surface area contributed by atoms with Crippen LogP contribution in [0, 0.1) is 5.82 Å². The van der Waals surface area contributed by atoms with Gasteiger partial charge in [0.2, 0.25) is 0 Å². The van der Waals surface area contributed by atoms with Crippen LogP contribution in [-0.2, 0) is 12.8 Å². The standard InChI is InChI=1S/C15H14FNO2S/c16-12-3-1-2-11-10(12)5-4-9-8-13(20-14(9)11)15(19)17-6-7-18/h1-3,8,18H,4-7H2,(H,17,19). The van der Waals surface area contributed by atoms with E-state index in [1.165, 1.54) is 17.4 Å². The predicted molar refractivity (Wildman–Crippen MR) is 76.5 cm³/mol. The van der Waals surface area contributed by atoms with E-state index in [0.29, 0.717) is 11.3 Å². The Morgan fingerprint density at radius 1 is 1.40 bits per heavy atom. The molecule has 20 heavy (non-hydrogen) atoms. The number of hydrogen-bond acceptors (Lipinski definition) is 3. The summed E-state index contributed by atoms with van der Waals surface area (Å²) in [5, 5.41) is 11.4. The van der Waals surface area contributed by atoms with Crippen LogP contribution < -0.4 is 5.32 Å². The average Bonchev–Trinajstić information content (AvgIpc) is 2.89. The van der Waals surface area contributed by atoms with Crippen molar-refractivity contribution in [2.45, 2.75) is 12.8 Å². The molecule has 1 aromatic heterocycles. The molecule has 0 saturated heterocycles. The summed E-state index contributed by atoms with van der Waals surface area (Å²) in [7, 11) is 0. The lowest BCUT2D eigenvalue weighted by Crippen LogP contribution is -2.25. The number of thiophene rings is 1. The number of carbonyl (C=O) groups excluding carboxylic acids is 1. The molecule has 0 fully saturated rings. The molecule has 0 atom stereocenters. The van der Waals surface area contributed by atoms with Gasteiger partial charge >= 0.3 is 0 Å². The van der Waals surface area contributed by atoms with Crippen LogP contribution >= 0.6 is 11.3 Å². The summed E-state index contributed by atoms with van der Waals surface area (Å²) in [4.78, 5) is 13.5. The Kier molecular flexibility index (Phi) is 3.54. The summed E-state index contributed by atoms with van der Waals surface area (Å²) in [6.07, 6.45) is 1.43. The van der Waals surface area contributed by atoms with E-state index in [0.717, 1.165) is 28.0 Å². The maximum Gasteiger partial charge on any atom is 0.261 e. The van der Waals surface area contributed by atoms with Crippen LogP contribution in [0.15, 0.2) is 24.3 Å². The zero-order valence-electron chi connectivity index (χ0n) is 10.8. The van der Waals surface area contributed by atoms with Gasteiger partial charge in [-0.1, -0.05) is 12.1 Å². The van der Waals surface area contributed by atoms with Crippen molar-refractivity contribution in [3.05, 3.63) is 46.1 Å². The van der Waals surface area contributed by atoms with Crippen LogP contribution in [0.1, 0.15) is 20.8 Å². The number of rotatable bonds is 3. The Labute approximate surface area is 120 Å². The summed E-state index contributed by atoms with van der Waals surface area (Å²) >= 11 is 1.38. The number of amides is 1. The van der Waals surface area contributed by atoms with Gasteiger partial charge < -0.3 is 10.4 Å². The minimum absolute atomic E-state index is 0.0785. The molecule has 1 aromatic carbocycles. The van der Waals surface area contributed by atoms with Gasteiger partial charge in [0.1, 0.15) is 5.82 Å². The van der Waals surface area contributed by atoms with E-state index >= 15 is 0 Å². The third-order valence-electron chi connectivity index (χ3n) is 3.44.